The number of hydrogen-bond donors (Lipinski definition) is 2. The van der Waals surface area contributed by atoms with Crippen molar-refractivity contribution in [1.29, 1.82) is 0 Å². The lowest BCUT2D eigenvalue weighted by Gasteiger charge is -2.16. The molecule has 8 heteroatoms. The minimum atomic E-state index is -3.60. The molecule has 0 aromatic heterocycles. The highest BCUT2D eigenvalue weighted by atomic mass is 32.2. The molecule has 7 nitrogen and oxygen atoms in total. The lowest BCUT2D eigenvalue weighted by atomic mass is 10.3. The topological polar surface area (TPSA) is 104 Å². The van der Waals surface area contributed by atoms with Gasteiger partial charge in [-0.2, -0.15) is 4.31 Å². The fourth-order valence-corrected chi connectivity index (χ4v) is 3.53. The smallest absolute Gasteiger partial charge is 0.306 e. The van der Waals surface area contributed by atoms with Crippen molar-refractivity contribution in [3.05, 3.63) is 24.3 Å². The Balaban J connectivity index is 2.02. The number of benzene rings is 1. The zero-order valence-electron chi connectivity index (χ0n) is 11.3. The number of rotatable bonds is 6. The zero-order valence-corrected chi connectivity index (χ0v) is 12.1. The average molecular weight is 315 g/mol. The molecule has 0 radical (unpaired) electrons. The predicted molar refractivity (Wildman–Crippen MR) is 73.6 cm³/mol. The third kappa shape index (κ3) is 3.93. The summed E-state index contributed by atoms with van der Waals surface area (Å²) in [4.78, 5) is 10.5. The first-order valence-electron chi connectivity index (χ1n) is 6.52. The van der Waals surface area contributed by atoms with E-state index in [1.54, 1.807) is 0 Å². The van der Waals surface area contributed by atoms with E-state index in [4.69, 9.17) is 9.84 Å². The molecular formula is C13H17NO6S. The molecule has 0 spiro atoms. The standard InChI is InChI=1S/C13H17NO6S/c15-10-5-7-14(9-10)21(18,19)12-3-1-11(2-4-12)20-8-6-13(16)17/h1-4,10,15H,5-9H2,(H,16,17)/t10-/m1/s1. The number of aliphatic hydroxyl groups is 1. The third-order valence-corrected chi connectivity index (χ3v) is 5.05. The summed E-state index contributed by atoms with van der Waals surface area (Å²) in [7, 11) is -3.60. The molecule has 1 aromatic rings. The highest BCUT2D eigenvalue weighted by Crippen LogP contribution is 2.23. The summed E-state index contributed by atoms with van der Waals surface area (Å²) in [5, 5.41) is 17.9. The van der Waals surface area contributed by atoms with Crippen LogP contribution in [0.25, 0.3) is 0 Å². The molecule has 1 aliphatic heterocycles. The third-order valence-electron chi connectivity index (χ3n) is 3.17. The van der Waals surface area contributed by atoms with Crippen molar-refractivity contribution in [2.24, 2.45) is 0 Å². The van der Waals surface area contributed by atoms with Crippen LogP contribution in [-0.2, 0) is 14.8 Å². The van der Waals surface area contributed by atoms with E-state index in [-0.39, 0.29) is 24.5 Å². The average Bonchev–Trinajstić information content (AvgIpc) is 2.86. The monoisotopic (exact) mass is 315 g/mol. The van der Waals surface area contributed by atoms with Crippen molar-refractivity contribution < 1.29 is 28.2 Å². The summed E-state index contributed by atoms with van der Waals surface area (Å²) in [6.45, 7) is 0.444. The Kier molecular flexibility index (Phi) is 4.81. The summed E-state index contributed by atoms with van der Waals surface area (Å²) in [6.07, 6.45) is -0.292. The Bertz CT molecular complexity index is 598. The van der Waals surface area contributed by atoms with Crippen LogP contribution >= 0.6 is 0 Å². The summed E-state index contributed by atoms with van der Waals surface area (Å²) < 4.78 is 31.0. The minimum absolute atomic E-state index is 0.0275. The molecule has 0 saturated carbocycles. The van der Waals surface area contributed by atoms with Crippen LogP contribution in [0.4, 0.5) is 0 Å². The molecule has 0 amide bonds. The SMILES string of the molecule is O=C(O)CCOc1ccc(S(=O)(=O)N2CC[C@@H](O)C2)cc1. The van der Waals surface area contributed by atoms with Crippen molar-refractivity contribution in [3.8, 4) is 5.75 Å². The van der Waals surface area contributed by atoms with Gasteiger partial charge in [0.1, 0.15) is 5.75 Å². The number of ether oxygens (including phenoxy) is 1. The molecule has 2 N–H and O–H groups in total. The van der Waals surface area contributed by atoms with E-state index in [1.165, 1.54) is 28.6 Å². The van der Waals surface area contributed by atoms with Gasteiger partial charge in [-0.15, -0.1) is 0 Å². The molecular weight excluding hydrogens is 298 g/mol. The zero-order chi connectivity index (χ0) is 15.5. The number of β-amino-alcohol motifs (C(OH)–C–C–N with tert-alkyl or cyclic N) is 1. The van der Waals surface area contributed by atoms with Gasteiger partial charge in [0.05, 0.1) is 24.0 Å². The van der Waals surface area contributed by atoms with Gasteiger partial charge in [-0.1, -0.05) is 0 Å². The Labute approximate surface area is 122 Å². The molecule has 1 atom stereocenters. The lowest BCUT2D eigenvalue weighted by Crippen LogP contribution is -2.29. The van der Waals surface area contributed by atoms with Crippen molar-refractivity contribution >= 4 is 16.0 Å². The van der Waals surface area contributed by atoms with E-state index < -0.39 is 22.1 Å². The van der Waals surface area contributed by atoms with E-state index in [9.17, 15) is 18.3 Å². The van der Waals surface area contributed by atoms with E-state index in [1.807, 2.05) is 0 Å². The normalized spacial score (nSPS) is 19.6. The van der Waals surface area contributed by atoms with Crippen LogP contribution in [0, 0.1) is 0 Å². The van der Waals surface area contributed by atoms with Crippen LogP contribution in [0.3, 0.4) is 0 Å². The van der Waals surface area contributed by atoms with Gasteiger partial charge in [0.15, 0.2) is 0 Å². The van der Waals surface area contributed by atoms with Gasteiger partial charge in [-0.3, -0.25) is 4.79 Å². The van der Waals surface area contributed by atoms with Gasteiger partial charge < -0.3 is 14.9 Å². The predicted octanol–water partition coefficient (Wildman–Crippen LogP) is 0.295. The lowest BCUT2D eigenvalue weighted by molar-refractivity contribution is -0.137. The van der Waals surface area contributed by atoms with Crippen molar-refractivity contribution in [2.45, 2.75) is 23.8 Å². The number of sulfonamides is 1. The largest absolute Gasteiger partial charge is 0.493 e. The molecule has 1 fully saturated rings. The molecule has 21 heavy (non-hydrogen) atoms. The van der Waals surface area contributed by atoms with Crippen molar-refractivity contribution in [1.82, 2.24) is 4.31 Å². The number of aliphatic hydroxyl groups excluding tert-OH is 1. The van der Waals surface area contributed by atoms with Gasteiger partial charge in [0.2, 0.25) is 10.0 Å². The molecule has 116 valence electrons. The molecule has 1 aliphatic rings. The second kappa shape index (κ2) is 6.42. The van der Waals surface area contributed by atoms with Crippen LogP contribution in [0.5, 0.6) is 5.75 Å². The Morgan fingerprint density at radius 3 is 2.52 bits per heavy atom. The molecule has 0 aliphatic carbocycles. The van der Waals surface area contributed by atoms with Crippen LogP contribution in [0.1, 0.15) is 12.8 Å². The second-order valence-corrected chi connectivity index (χ2v) is 6.71. The quantitative estimate of drug-likeness (QED) is 0.782. The van der Waals surface area contributed by atoms with E-state index in [0.29, 0.717) is 18.7 Å². The van der Waals surface area contributed by atoms with Gasteiger partial charge in [-0.25, -0.2) is 8.42 Å². The van der Waals surface area contributed by atoms with Gasteiger partial charge in [-0.05, 0) is 30.7 Å². The summed E-state index contributed by atoms with van der Waals surface area (Å²) in [6, 6.07) is 5.80. The first-order valence-corrected chi connectivity index (χ1v) is 7.96. The summed E-state index contributed by atoms with van der Waals surface area (Å²) in [5.41, 5.74) is 0. The number of nitrogens with zero attached hydrogens (tertiary/aromatic N) is 1. The maximum Gasteiger partial charge on any atom is 0.306 e. The van der Waals surface area contributed by atoms with Crippen LogP contribution in [-0.4, -0.2) is 54.7 Å². The fraction of sp³-hybridized carbons (Fsp3) is 0.462. The van der Waals surface area contributed by atoms with Crippen LogP contribution in [0.2, 0.25) is 0 Å². The maximum atomic E-state index is 12.3. The number of hydrogen-bond acceptors (Lipinski definition) is 5. The highest BCUT2D eigenvalue weighted by Gasteiger charge is 2.31. The number of carboxylic acids is 1. The highest BCUT2D eigenvalue weighted by molar-refractivity contribution is 7.89. The number of aliphatic carboxylic acids is 1. The van der Waals surface area contributed by atoms with Gasteiger partial charge in [0.25, 0.3) is 0 Å². The summed E-state index contributed by atoms with van der Waals surface area (Å²) >= 11 is 0. The first-order chi connectivity index (χ1) is 9.89. The number of carbonyl (C=O) groups is 1. The van der Waals surface area contributed by atoms with E-state index in [0.717, 1.165) is 0 Å². The Hall–Kier alpha value is -1.64. The minimum Gasteiger partial charge on any atom is -0.493 e. The molecule has 1 saturated heterocycles. The Morgan fingerprint density at radius 1 is 1.33 bits per heavy atom. The molecule has 2 rings (SSSR count). The summed E-state index contributed by atoms with van der Waals surface area (Å²) in [5.74, 6) is -0.543. The molecule has 0 bridgehead atoms. The van der Waals surface area contributed by atoms with Crippen molar-refractivity contribution in [3.63, 3.8) is 0 Å². The first kappa shape index (κ1) is 15.7. The van der Waals surface area contributed by atoms with Gasteiger partial charge in [0, 0.05) is 13.1 Å². The molecule has 1 heterocycles. The van der Waals surface area contributed by atoms with E-state index >= 15 is 0 Å². The molecule has 0 unspecified atom stereocenters. The number of carboxylic acid groups (broad SMARTS) is 1. The van der Waals surface area contributed by atoms with Crippen LogP contribution < -0.4 is 4.74 Å². The fourth-order valence-electron chi connectivity index (χ4n) is 2.04. The van der Waals surface area contributed by atoms with Crippen molar-refractivity contribution in [2.75, 3.05) is 19.7 Å². The molecule has 1 aromatic carbocycles. The van der Waals surface area contributed by atoms with E-state index in [2.05, 4.69) is 0 Å². The Morgan fingerprint density at radius 2 is 2.00 bits per heavy atom. The second-order valence-electron chi connectivity index (χ2n) is 4.77. The maximum absolute atomic E-state index is 12.3. The van der Waals surface area contributed by atoms with Gasteiger partial charge >= 0.3 is 5.97 Å². The van der Waals surface area contributed by atoms with Crippen LogP contribution in [0.15, 0.2) is 29.2 Å².